The quantitative estimate of drug-likeness (QED) is 0.873. The molecule has 0 spiro atoms. The van der Waals surface area contributed by atoms with Crippen LogP contribution in [0.2, 0.25) is 0 Å². The molecule has 0 radical (unpaired) electrons. The Balaban J connectivity index is 2.14. The number of hydrogen-bond acceptors (Lipinski definition) is 4. The second-order valence-electron chi connectivity index (χ2n) is 4.34. The first-order valence-electron chi connectivity index (χ1n) is 6.52. The molecule has 2 heterocycles. The molecular weight excluding hydrogens is 230 g/mol. The summed E-state index contributed by atoms with van der Waals surface area (Å²) in [6, 6.07) is 0. The zero-order valence-corrected chi connectivity index (χ0v) is 11.5. The third-order valence-electron chi connectivity index (χ3n) is 3.09. The summed E-state index contributed by atoms with van der Waals surface area (Å²) in [6.07, 6.45) is 5.55. The molecule has 1 fully saturated rings. The van der Waals surface area contributed by atoms with Crippen molar-refractivity contribution in [3.8, 4) is 0 Å². The minimum absolute atomic E-state index is 0.536. The topological polar surface area (TPSA) is 37.8 Å². The lowest BCUT2D eigenvalue weighted by Gasteiger charge is -2.12. The normalized spacial score (nSPS) is 19.8. The van der Waals surface area contributed by atoms with E-state index in [-0.39, 0.29) is 0 Å². The third-order valence-corrected chi connectivity index (χ3v) is 4.46. The second-order valence-corrected chi connectivity index (χ2v) is 5.65. The fraction of sp³-hybridized carbons (Fsp3) is 0.692. The predicted molar refractivity (Wildman–Crippen MR) is 73.2 cm³/mol. The minimum atomic E-state index is 0.536. The molecule has 1 unspecified atom stereocenters. The van der Waals surface area contributed by atoms with Gasteiger partial charge in [0.05, 0.1) is 5.25 Å². The summed E-state index contributed by atoms with van der Waals surface area (Å²) in [6.45, 7) is 6.17. The fourth-order valence-electron chi connectivity index (χ4n) is 2.11. The zero-order valence-electron chi connectivity index (χ0n) is 10.7. The molecule has 1 aromatic rings. The zero-order chi connectivity index (χ0) is 12.1. The van der Waals surface area contributed by atoms with Crippen LogP contribution in [0.4, 0.5) is 0 Å². The van der Waals surface area contributed by atoms with Gasteiger partial charge in [-0.25, -0.2) is 9.97 Å². The van der Waals surface area contributed by atoms with Crippen LogP contribution in [-0.4, -0.2) is 22.3 Å². The van der Waals surface area contributed by atoms with Gasteiger partial charge in [0.2, 0.25) is 0 Å². The molecule has 17 heavy (non-hydrogen) atoms. The van der Waals surface area contributed by atoms with Crippen molar-refractivity contribution in [3.05, 3.63) is 23.3 Å². The molecule has 0 amide bonds. The third kappa shape index (κ3) is 3.19. The van der Waals surface area contributed by atoms with Crippen LogP contribution in [-0.2, 0) is 13.0 Å². The van der Waals surface area contributed by atoms with E-state index in [0.29, 0.717) is 5.25 Å². The summed E-state index contributed by atoms with van der Waals surface area (Å²) < 4.78 is 0. The summed E-state index contributed by atoms with van der Waals surface area (Å²) >= 11 is 2.00. The number of aryl methyl sites for hydroxylation is 1. The smallest absolute Gasteiger partial charge is 0.141 e. The van der Waals surface area contributed by atoms with Crippen LogP contribution in [0.25, 0.3) is 0 Å². The van der Waals surface area contributed by atoms with E-state index in [2.05, 4.69) is 24.1 Å². The van der Waals surface area contributed by atoms with Crippen LogP contribution in [0.3, 0.4) is 0 Å². The predicted octanol–water partition coefficient (Wildman–Crippen LogP) is 2.72. The van der Waals surface area contributed by atoms with E-state index in [1.165, 1.54) is 29.9 Å². The Labute approximate surface area is 108 Å². The molecule has 94 valence electrons. The Bertz CT molecular complexity index is 362. The van der Waals surface area contributed by atoms with Crippen molar-refractivity contribution >= 4 is 11.8 Å². The van der Waals surface area contributed by atoms with Gasteiger partial charge in [-0.05, 0) is 31.6 Å². The average molecular weight is 251 g/mol. The molecule has 0 bridgehead atoms. The van der Waals surface area contributed by atoms with Gasteiger partial charge >= 0.3 is 0 Å². The Kier molecular flexibility index (Phi) is 4.80. The van der Waals surface area contributed by atoms with Crippen LogP contribution in [0.5, 0.6) is 0 Å². The first-order chi connectivity index (χ1) is 8.35. The monoisotopic (exact) mass is 251 g/mol. The number of nitrogens with zero attached hydrogens (tertiary/aromatic N) is 2. The van der Waals surface area contributed by atoms with E-state index >= 15 is 0 Å². The van der Waals surface area contributed by atoms with Gasteiger partial charge in [0.15, 0.2) is 0 Å². The molecule has 4 heteroatoms. The summed E-state index contributed by atoms with van der Waals surface area (Å²) in [5.74, 6) is 2.30. The Morgan fingerprint density at radius 1 is 1.47 bits per heavy atom. The van der Waals surface area contributed by atoms with Gasteiger partial charge in [-0.3, -0.25) is 0 Å². The molecule has 3 nitrogen and oxygen atoms in total. The van der Waals surface area contributed by atoms with E-state index in [1.807, 2.05) is 18.0 Å². The van der Waals surface area contributed by atoms with Crippen LogP contribution in [0, 0.1) is 0 Å². The Morgan fingerprint density at radius 2 is 2.35 bits per heavy atom. The van der Waals surface area contributed by atoms with Crippen molar-refractivity contribution in [1.29, 1.82) is 0 Å². The lowest BCUT2D eigenvalue weighted by atomic mass is 10.1. The van der Waals surface area contributed by atoms with Crippen molar-refractivity contribution in [2.75, 3.05) is 12.3 Å². The van der Waals surface area contributed by atoms with E-state index in [0.717, 1.165) is 25.3 Å². The summed E-state index contributed by atoms with van der Waals surface area (Å²) in [7, 11) is 0. The van der Waals surface area contributed by atoms with Crippen LogP contribution < -0.4 is 5.32 Å². The number of rotatable bonds is 5. The first kappa shape index (κ1) is 12.8. The van der Waals surface area contributed by atoms with Crippen LogP contribution in [0.15, 0.2) is 6.20 Å². The number of hydrogen-bond donors (Lipinski definition) is 1. The fourth-order valence-corrected chi connectivity index (χ4v) is 3.32. The van der Waals surface area contributed by atoms with Crippen LogP contribution in [0.1, 0.15) is 49.0 Å². The highest BCUT2D eigenvalue weighted by atomic mass is 32.2. The highest BCUT2D eigenvalue weighted by Gasteiger charge is 2.21. The largest absolute Gasteiger partial charge is 0.313 e. The molecule has 0 saturated carbocycles. The van der Waals surface area contributed by atoms with Crippen molar-refractivity contribution in [2.24, 2.45) is 0 Å². The molecule has 1 saturated heterocycles. The molecule has 2 rings (SSSR count). The van der Waals surface area contributed by atoms with Crippen LogP contribution >= 0.6 is 11.8 Å². The molecule has 1 N–H and O–H groups in total. The van der Waals surface area contributed by atoms with Crippen molar-refractivity contribution in [2.45, 2.75) is 44.9 Å². The van der Waals surface area contributed by atoms with Crippen molar-refractivity contribution < 1.29 is 0 Å². The first-order valence-corrected chi connectivity index (χ1v) is 7.57. The molecule has 1 aliphatic rings. The standard InChI is InChI=1S/C13H21N3S/c1-3-11-10(8-14-4-2)9-15-13(16-11)12-6-5-7-17-12/h9,12,14H,3-8H2,1-2H3. The second kappa shape index (κ2) is 6.36. The number of thioether (sulfide) groups is 1. The average Bonchev–Trinajstić information content (AvgIpc) is 2.90. The number of aromatic nitrogens is 2. The van der Waals surface area contributed by atoms with Gasteiger partial charge in [-0.2, -0.15) is 11.8 Å². The van der Waals surface area contributed by atoms with Gasteiger partial charge in [0.25, 0.3) is 0 Å². The molecule has 1 aromatic heterocycles. The molecule has 0 aliphatic carbocycles. The molecule has 0 aromatic carbocycles. The highest BCUT2D eigenvalue weighted by Crippen LogP contribution is 2.38. The molecule has 1 atom stereocenters. The SMILES string of the molecule is CCNCc1cnc(C2CCCS2)nc1CC. The molecule has 1 aliphatic heterocycles. The van der Waals surface area contributed by atoms with E-state index in [1.54, 1.807) is 0 Å². The summed E-state index contributed by atoms with van der Waals surface area (Å²) in [5, 5.41) is 3.88. The maximum absolute atomic E-state index is 4.75. The number of nitrogens with one attached hydrogen (secondary N) is 1. The van der Waals surface area contributed by atoms with E-state index < -0.39 is 0 Å². The Hall–Kier alpha value is -0.610. The maximum atomic E-state index is 4.75. The van der Waals surface area contributed by atoms with Crippen molar-refractivity contribution in [1.82, 2.24) is 15.3 Å². The lowest BCUT2D eigenvalue weighted by Crippen LogP contribution is -2.15. The summed E-state index contributed by atoms with van der Waals surface area (Å²) in [5.41, 5.74) is 2.46. The van der Waals surface area contributed by atoms with Gasteiger partial charge in [-0.15, -0.1) is 0 Å². The van der Waals surface area contributed by atoms with E-state index in [4.69, 9.17) is 4.98 Å². The van der Waals surface area contributed by atoms with Crippen molar-refractivity contribution in [3.63, 3.8) is 0 Å². The highest BCUT2D eigenvalue weighted by molar-refractivity contribution is 7.99. The molecular formula is C13H21N3S. The van der Waals surface area contributed by atoms with Gasteiger partial charge in [-0.1, -0.05) is 13.8 Å². The Morgan fingerprint density at radius 3 is 3.00 bits per heavy atom. The summed E-state index contributed by atoms with van der Waals surface area (Å²) in [4.78, 5) is 9.30. The maximum Gasteiger partial charge on any atom is 0.141 e. The van der Waals surface area contributed by atoms with Gasteiger partial charge in [0.1, 0.15) is 5.82 Å². The lowest BCUT2D eigenvalue weighted by molar-refractivity contribution is 0.698. The minimum Gasteiger partial charge on any atom is -0.313 e. The van der Waals surface area contributed by atoms with Gasteiger partial charge < -0.3 is 5.32 Å². The van der Waals surface area contributed by atoms with Gasteiger partial charge in [0, 0.05) is 24.0 Å². The van der Waals surface area contributed by atoms with E-state index in [9.17, 15) is 0 Å².